The smallest absolute Gasteiger partial charge is 0.406 e. The number of aryl methyl sites for hydroxylation is 1. The summed E-state index contributed by atoms with van der Waals surface area (Å²) in [6, 6.07) is 6.15. The average molecular weight is 366 g/mol. The monoisotopic (exact) mass is 366 g/mol. The molecule has 142 valence electrons. The average Bonchev–Trinajstić information content (AvgIpc) is 2.61. The molecule has 1 aromatic carbocycles. The van der Waals surface area contributed by atoms with E-state index < -0.39 is 6.36 Å². The molecular weight excluding hydrogens is 341 g/mol. The van der Waals surface area contributed by atoms with Crippen molar-refractivity contribution in [1.29, 1.82) is 0 Å². The van der Waals surface area contributed by atoms with E-state index in [1.54, 1.807) is 12.1 Å². The zero-order valence-electron chi connectivity index (χ0n) is 14.9. The van der Waals surface area contributed by atoms with E-state index in [9.17, 15) is 18.0 Å². The highest BCUT2D eigenvalue weighted by Gasteiger charge is 2.31. The molecule has 0 bridgehead atoms. The maximum Gasteiger partial charge on any atom is 0.573 e. The highest BCUT2D eigenvalue weighted by atomic mass is 19.4. The van der Waals surface area contributed by atoms with Crippen LogP contribution in [0.15, 0.2) is 35.9 Å². The Morgan fingerprint density at radius 1 is 0.923 bits per heavy atom. The summed E-state index contributed by atoms with van der Waals surface area (Å²) >= 11 is 0. The number of allylic oxidation sites excluding steroid dienone is 2. The maximum absolute atomic E-state index is 12.2. The van der Waals surface area contributed by atoms with Crippen molar-refractivity contribution >= 4 is 5.78 Å². The van der Waals surface area contributed by atoms with Gasteiger partial charge in [-0.2, -0.15) is 0 Å². The molecule has 3 rings (SSSR count). The molecule has 1 aromatic rings. The van der Waals surface area contributed by atoms with E-state index in [2.05, 4.69) is 10.8 Å². The van der Waals surface area contributed by atoms with Gasteiger partial charge in [-0.3, -0.25) is 4.79 Å². The van der Waals surface area contributed by atoms with E-state index in [0.29, 0.717) is 17.6 Å². The Morgan fingerprint density at radius 3 is 2.15 bits per heavy atom. The van der Waals surface area contributed by atoms with Crippen LogP contribution in [-0.2, 0) is 11.2 Å². The Labute approximate surface area is 152 Å². The first-order valence-electron chi connectivity index (χ1n) is 9.43. The lowest BCUT2D eigenvalue weighted by Crippen LogP contribution is -2.23. The molecule has 26 heavy (non-hydrogen) atoms. The molecule has 5 heteroatoms. The van der Waals surface area contributed by atoms with Crippen LogP contribution in [0.3, 0.4) is 0 Å². The van der Waals surface area contributed by atoms with E-state index in [1.165, 1.54) is 24.1 Å². The van der Waals surface area contributed by atoms with Crippen LogP contribution in [0.2, 0.25) is 0 Å². The Balaban J connectivity index is 1.45. The second kappa shape index (κ2) is 8.28. The van der Waals surface area contributed by atoms with Gasteiger partial charge in [0.15, 0.2) is 0 Å². The van der Waals surface area contributed by atoms with E-state index >= 15 is 0 Å². The highest BCUT2D eigenvalue weighted by molar-refractivity contribution is 5.79. The lowest BCUT2D eigenvalue weighted by atomic mass is 9.73. The van der Waals surface area contributed by atoms with Crippen LogP contribution in [0, 0.1) is 11.8 Å². The zero-order valence-corrected chi connectivity index (χ0v) is 14.9. The third-order valence-electron chi connectivity index (χ3n) is 5.69. The fourth-order valence-electron chi connectivity index (χ4n) is 4.16. The van der Waals surface area contributed by atoms with Crippen molar-refractivity contribution in [2.45, 2.75) is 64.1 Å². The van der Waals surface area contributed by atoms with Crippen molar-refractivity contribution in [2.75, 3.05) is 0 Å². The fourth-order valence-corrected chi connectivity index (χ4v) is 4.16. The van der Waals surface area contributed by atoms with Gasteiger partial charge in [0.25, 0.3) is 0 Å². The fraction of sp³-hybridized carbons (Fsp3) is 0.571. The zero-order chi connectivity index (χ0) is 18.6. The molecule has 0 amide bonds. The van der Waals surface area contributed by atoms with Crippen LogP contribution in [0.25, 0.3) is 0 Å². The third kappa shape index (κ3) is 5.61. The molecule has 2 aliphatic rings. The molecule has 0 N–H and O–H groups in total. The Morgan fingerprint density at radius 2 is 1.58 bits per heavy atom. The van der Waals surface area contributed by atoms with Gasteiger partial charge in [-0.25, -0.2) is 0 Å². The number of hydrogen-bond acceptors (Lipinski definition) is 2. The number of carbonyl (C=O) groups is 1. The number of ether oxygens (including phenoxy) is 1. The SMILES string of the molecule is O=C1CCC(C2CC=C(CCc3ccc(OC(F)(F)F)cc3)CC2)CC1. The van der Waals surface area contributed by atoms with Gasteiger partial charge < -0.3 is 4.74 Å². The quantitative estimate of drug-likeness (QED) is 0.597. The molecule has 0 aromatic heterocycles. The second-order valence-corrected chi connectivity index (χ2v) is 7.46. The molecule has 0 saturated heterocycles. The molecule has 0 heterocycles. The molecule has 0 aliphatic heterocycles. The van der Waals surface area contributed by atoms with Gasteiger partial charge in [0, 0.05) is 12.8 Å². The minimum Gasteiger partial charge on any atom is -0.406 e. The Kier molecular flexibility index (Phi) is 6.05. The first-order chi connectivity index (χ1) is 12.4. The van der Waals surface area contributed by atoms with Crippen molar-refractivity contribution in [3.05, 3.63) is 41.5 Å². The van der Waals surface area contributed by atoms with Crippen molar-refractivity contribution < 1.29 is 22.7 Å². The predicted octanol–water partition coefficient (Wildman–Crippen LogP) is 6.00. The largest absolute Gasteiger partial charge is 0.573 e. The number of alkyl halides is 3. The topological polar surface area (TPSA) is 26.3 Å². The third-order valence-corrected chi connectivity index (χ3v) is 5.69. The Hall–Kier alpha value is -1.78. The summed E-state index contributed by atoms with van der Waals surface area (Å²) in [6.07, 6.45) is 6.52. The first-order valence-corrected chi connectivity index (χ1v) is 9.43. The number of hydrogen-bond donors (Lipinski definition) is 0. The summed E-state index contributed by atoms with van der Waals surface area (Å²) in [4.78, 5) is 11.4. The van der Waals surface area contributed by atoms with Gasteiger partial charge in [0.05, 0.1) is 0 Å². The lowest BCUT2D eigenvalue weighted by molar-refractivity contribution is -0.274. The van der Waals surface area contributed by atoms with Crippen LogP contribution >= 0.6 is 0 Å². The molecule has 0 spiro atoms. The summed E-state index contributed by atoms with van der Waals surface area (Å²) in [6.45, 7) is 0. The normalized spacial score (nSPS) is 22.2. The molecule has 1 fully saturated rings. The standard InChI is InChI=1S/C21H25F3O2/c22-21(23,24)26-20-13-5-16(6-14-20)2-1-15-3-7-17(8-4-15)18-9-11-19(25)12-10-18/h3,5-6,13-14,17-18H,1-2,4,7-12H2. The summed E-state index contributed by atoms with van der Waals surface area (Å²) in [5.41, 5.74) is 2.47. The summed E-state index contributed by atoms with van der Waals surface area (Å²) in [5, 5.41) is 0. The molecule has 1 atom stereocenters. The van der Waals surface area contributed by atoms with Gasteiger partial charge in [0.2, 0.25) is 0 Å². The van der Waals surface area contributed by atoms with Crippen LogP contribution in [-0.4, -0.2) is 12.1 Å². The van der Waals surface area contributed by atoms with Crippen LogP contribution < -0.4 is 4.74 Å². The molecular formula is C21H25F3O2. The number of Topliss-reactive ketones (excluding diaryl/α,β-unsaturated/α-hetero) is 1. The van der Waals surface area contributed by atoms with E-state index in [4.69, 9.17) is 0 Å². The molecule has 0 radical (unpaired) electrons. The first kappa shape index (κ1) is 19.0. The maximum atomic E-state index is 12.2. The van der Waals surface area contributed by atoms with E-state index in [1.807, 2.05) is 0 Å². The van der Waals surface area contributed by atoms with Gasteiger partial charge in [-0.05, 0) is 74.5 Å². The summed E-state index contributed by atoms with van der Waals surface area (Å²) in [5.74, 6) is 1.66. The molecule has 1 saturated carbocycles. The van der Waals surface area contributed by atoms with Gasteiger partial charge in [-0.1, -0.05) is 23.8 Å². The van der Waals surface area contributed by atoms with Crippen molar-refractivity contribution in [3.63, 3.8) is 0 Å². The molecule has 2 aliphatic carbocycles. The van der Waals surface area contributed by atoms with Crippen LogP contribution in [0.5, 0.6) is 5.75 Å². The number of halogens is 3. The minimum atomic E-state index is -4.64. The number of benzene rings is 1. The highest BCUT2D eigenvalue weighted by Crippen LogP contribution is 2.37. The Bertz CT molecular complexity index is 636. The summed E-state index contributed by atoms with van der Waals surface area (Å²) in [7, 11) is 0. The van der Waals surface area contributed by atoms with E-state index in [0.717, 1.165) is 56.9 Å². The van der Waals surface area contributed by atoms with E-state index in [-0.39, 0.29) is 5.75 Å². The second-order valence-electron chi connectivity index (χ2n) is 7.46. The minimum absolute atomic E-state index is 0.174. The van der Waals surface area contributed by atoms with Gasteiger partial charge in [-0.15, -0.1) is 13.2 Å². The molecule has 2 nitrogen and oxygen atoms in total. The predicted molar refractivity (Wildman–Crippen MR) is 93.8 cm³/mol. The lowest BCUT2D eigenvalue weighted by Gasteiger charge is -2.32. The van der Waals surface area contributed by atoms with Crippen molar-refractivity contribution in [1.82, 2.24) is 0 Å². The van der Waals surface area contributed by atoms with Crippen LogP contribution in [0.1, 0.15) is 56.9 Å². The van der Waals surface area contributed by atoms with Crippen molar-refractivity contribution in [2.24, 2.45) is 11.8 Å². The van der Waals surface area contributed by atoms with Crippen LogP contribution in [0.4, 0.5) is 13.2 Å². The molecule has 1 unspecified atom stereocenters. The van der Waals surface area contributed by atoms with Crippen molar-refractivity contribution in [3.8, 4) is 5.75 Å². The number of ketones is 1. The number of rotatable bonds is 5. The summed E-state index contributed by atoms with van der Waals surface area (Å²) < 4.78 is 40.4. The number of carbonyl (C=O) groups excluding carboxylic acids is 1. The van der Waals surface area contributed by atoms with Gasteiger partial charge in [0.1, 0.15) is 11.5 Å². The van der Waals surface area contributed by atoms with Gasteiger partial charge >= 0.3 is 6.36 Å².